The molecular weight excluding hydrogens is 434 g/mol. The van der Waals surface area contributed by atoms with E-state index in [1.165, 1.54) is 11.8 Å². The molecule has 0 aromatic carbocycles. The zero-order chi connectivity index (χ0) is 24.0. The van der Waals surface area contributed by atoms with Gasteiger partial charge in [0.05, 0.1) is 12.6 Å². The average Bonchev–Trinajstić information content (AvgIpc) is 2.69. The molecule has 0 aliphatic rings. The van der Waals surface area contributed by atoms with Crippen molar-refractivity contribution >= 4 is 47.3 Å². The third kappa shape index (κ3) is 13.1. The molecule has 0 aromatic heterocycles. The molecule has 9 N–H and O–H groups in total. The molecule has 0 fully saturated rings. The molecule has 0 radical (unpaired) electrons. The number of hydrogen-bond acceptors (Lipinski definition) is 8. The lowest BCUT2D eigenvalue weighted by atomic mass is 10.1. The summed E-state index contributed by atoms with van der Waals surface area (Å²) in [4.78, 5) is 69.2. The monoisotopic (exact) mass is 463 g/mol. The molecule has 3 unspecified atom stereocenters. The van der Waals surface area contributed by atoms with Crippen LogP contribution in [0.1, 0.15) is 32.1 Å². The number of amides is 4. The second kappa shape index (κ2) is 15.0. The molecule has 13 nitrogen and oxygen atoms in total. The van der Waals surface area contributed by atoms with E-state index in [-0.39, 0.29) is 25.7 Å². The summed E-state index contributed by atoms with van der Waals surface area (Å²) in [6.07, 6.45) is 1.05. The Bertz CT molecular complexity index is 675. The Hall–Kier alpha value is -2.87. The van der Waals surface area contributed by atoms with Gasteiger partial charge in [0.1, 0.15) is 12.1 Å². The molecule has 31 heavy (non-hydrogen) atoms. The van der Waals surface area contributed by atoms with E-state index in [1.807, 2.05) is 0 Å². The minimum Gasteiger partial charge on any atom is -0.481 e. The van der Waals surface area contributed by atoms with Crippen LogP contribution < -0.4 is 27.4 Å². The van der Waals surface area contributed by atoms with Crippen LogP contribution in [0.3, 0.4) is 0 Å². The Morgan fingerprint density at radius 2 is 1.55 bits per heavy atom. The van der Waals surface area contributed by atoms with Gasteiger partial charge in [-0.1, -0.05) is 0 Å². The maximum absolute atomic E-state index is 12.4. The number of carboxylic acid groups (broad SMARTS) is 2. The van der Waals surface area contributed by atoms with Crippen LogP contribution in [0.5, 0.6) is 0 Å². The van der Waals surface area contributed by atoms with E-state index in [2.05, 4.69) is 16.0 Å². The quantitative estimate of drug-likeness (QED) is 0.126. The van der Waals surface area contributed by atoms with Crippen molar-refractivity contribution in [3.63, 3.8) is 0 Å². The Kier molecular flexibility index (Phi) is 13.6. The first kappa shape index (κ1) is 28.1. The molecule has 0 heterocycles. The van der Waals surface area contributed by atoms with Gasteiger partial charge < -0.3 is 37.6 Å². The number of nitrogens with one attached hydrogen (secondary N) is 3. The van der Waals surface area contributed by atoms with Crippen LogP contribution >= 0.6 is 11.8 Å². The Morgan fingerprint density at radius 1 is 0.903 bits per heavy atom. The number of primary amides is 1. The highest BCUT2D eigenvalue weighted by Gasteiger charge is 2.27. The van der Waals surface area contributed by atoms with E-state index >= 15 is 0 Å². The fourth-order valence-corrected chi connectivity index (χ4v) is 2.75. The molecule has 0 aromatic rings. The summed E-state index contributed by atoms with van der Waals surface area (Å²) in [5.41, 5.74) is 10.5. The maximum Gasteiger partial charge on any atom is 0.326 e. The number of carbonyl (C=O) groups is 6. The summed E-state index contributed by atoms with van der Waals surface area (Å²) < 4.78 is 0. The van der Waals surface area contributed by atoms with Crippen molar-refractivity contribution in [1.29, 1.82) is 0 Å². The fraction of sp³-hybridized carbons (Fsp3) is 0.647. The van der Waals surface area contributed by atoms with Gasteiger partial charge in [-0.15, -0.1) is 0 Å². The summed E-state index contributed by atoms with van der Waals surface area (Å²) in [6.45, 7) is -0.561. The number of carbonyl (C=O) groups excluding carboxylic acids is 4. The predicted octanol–water partition coefficient (Wildman–Crippen LogP) is -2.63. The van der Waals surface area contributed by atoms with Gasteiger partial charge in [0.15, 0.2) is 0 Å². The van der Waals surface area contributed by atoms with Crippen LogP contribution in [0.25, 0.3) is 0 Å². The Labute approximate surface area is 183 Å². The number of rotatable bonds is 16. The highest BCUT2D eigenvalue weighted by Crippen LogP contribution is 2.04. The molecule has 0 saturated heterocycles. The van der Waals surface area contributed by atoms with E-state index in [1.54, 1.807) is 6.26 Å². The summed E-state index contributed by atoms with van der Waals surface area (Å²) in [5.74, 6) is -5.02. The van der Waals surface area contributed by atoms with Crippen molar-refractivity contribution in [1.82, 2.24) is 16.0 Å². The van der Waals surface area contributed by atoms with Crippen LogP contribution in [0.2, 0.25) is 0 Å². The first-order valence-electron chi connectivity index (χ1n) is 9.32. The van der Waals surface area contributed by atoms with Crippen molar-refractivity contribution in [2.24, 2.45) is 11.5 Å². The van der Waals surface area contributed by atoms with Crippen molar-refractivity contribution in [3.8, 4) is 0 Å². The van der Waals surface area contributed by atoms with Gasteiger partial charge >= 0.3 is 11.9 Å². The SMILES string of the molecule is CSCCC(NC(=O)C(CCC(=O)O)NC(=O)CNC(=O)C(N)CCC(N)=O)C(=O)O. The first-order valence-corrected chi connectivity index (χ1v) is 10.7. The van der Waals surface area contributed by atoms with Crippen LogP contribution in [0.15, 0.2) is 0 Å². The topological polar surface area (TPSA) is 231 Å². The van der Waals surface area contributed by atoms with E-state index in [0.29, 0.717) is 5.75 Å². The minimum atomic E-state index is -1.32. The minimum absolute atomic E-state index is 0.0148. The van der Waals surface area contributed by atoms with Crippen molar-refractivity contribution < 1.29 is 39.0 Å². The molecule has 0 rings (SSSR count). The second-order valence-corrected chi connectivity index (χ2v) is 7.55. The summed E-state index contributed by atoms with van der Waals surface area (Å²) >= 11 is 1.39. The van der Waals surface area contributed by atoms with Gasteiger partial charge in [-0.05, 0) is 31.3 Å². The molecule has 176 valence electrons. The van der Waals surface area contributed by atoms with Gasteiger partial charge in [-0.2, -0.15) is 11.8 Å². The molecule has 0 aliphatic heterocycles. The number of aliphatic carboxylic acids is 2. The zero-order valence-corrected chi connectivity index (χ0v) is 17.9. The number of carboxylic acids is 2. The second-order valence-electron chi connectivity index (χ2n) is 6.56. The fourth-order valence-electron chi connectivity index (χ4n) is 2.27. The molecule has 0 spiro atoms. The van der Waals surface area contributed by atoms with Crippen LogP contribution in [-0.2, 0) is 28.8 Å². The van der Waals surface area contributed by atoms with Crippen LogP contribution in [0.4, 0.5) is 0 Å². The molecular formula is C17H29N5O8S. The highest BCUT2D eigenvalue weighted by atomic mass is 32.2. The Balaban J connectivity index is 4.89. The summed E-state index contributed by atoms with van der Waals surface area (Å²) in [6, 6.07) is -3.59. The molecule has 0 saturated carbocycles. The predicted molar refractivity (Wildman–Crippen MR) is 111 cm³/mol. The molecule has 14 heteroatoms. The van der Waals surface area contributed by atoms with E-state index in [9.17, 15) is 33.9 Å². The van der Waals surface area contributed by atoms with Crippen molar-refractivity contribution in [2.75, 3.05) is 18.6 Å². The number of thioether (sulfide) groups is 1. The largest absolute Gasteiger partial charge is 0.481 e. The lowest BCUT2D eigenvalue weighted by Gasteiger charge is -2.21. The highest BCUT2D eigenvalue weighted by molar-refractivity contribution is 7.98. The van der Waals surface area contributed by atoms with Gasteiger partial charge in [0.25, 0.3) is 0 Å². The van der Waals surface area contributed by atoms with Gasteiger partial charge in [-0.3, -0.25) is 24.0 Å². The summed E-state index contributed by atoms with van der Waals surface area (Å²) in [7, 11) is 0. The standard InChI is InChI=1S/C17H29N5O8S/c1-31-7-6-11(17(29)30)22-16(28)10(3-5-14(25)26)21-13(24)8-20-15(27)9(18)2-4-12(19)23/h9-11H,2-8,18H2,1H3,(H2,19,23)(H,20,27)(H,21,24)(H,22,28)(H,25,26)(H,29,30). The van der Waals surface area contributed by atoms with E-state index in [0.717, 1.165) is 0 Å². The lowest BCUT2D eigenvalue weighted by molar-refractivity contribution is -0.143. The lowest BCUT2D eigenvalue weighted by Crippen LogP contribution is -2.54. The first-order chi connectivity index (χ1) is 14.5. The van der Waals surface area contributed by atoms with Crippen LogP contribution in [-0.4, -0.2) is 82.5 Å². The average molecular weight is 464 g/mol. The van der Waals surface area contributed by atoms with Gasteiger partial charge in [0.2, 0.25) is 23.6 Å². The van der Waals surface area contributed by atoms with Gasteiger partial charge in [0, 0.05) is 12.8 Å². The number of nitrogens with two attached hydrogens (primary N) is 2. The van der Waals surface area contributed by atoms with Gasteiger partial charge in [-0.25, -0.2) is 4.79 Å². The van der Waals surface area contributed by atoms with E-state index in [4.69, 9.17) is 16.6 Å². The van der Waals surface area contributed by atoms with Crippen LogP contribution in [0, 0.1) is 0 Å². The smallest absolute Gasteiger partial charge is 0.326 e. The zero-order valence-electron chi connectivity index (χ0n) is 17.1. The molecule has 0 aliphatic carbocycles. The van der Waals surface area contributed by atoms with E-state index < -0.39 is 66.7 Å². The molecule has 4 amide bonds. The third-order valence-corrected chi connectivity index (χ3v) is 4.63. The maximum atomic E-state index is 12.4. The summed E-state index contributed by atoms with van der Waals surface area (Å²) in [5, 5.41) is 24.8. The molecule has 0 bridgehead atoms. The Morgan fingerprint density at radius 3 is 2.06 bits per heavy atom. The molecule has 3 atom stereocenters. The number of hydrogen-bond donors (Lipinski definition) is 7. The third-order valence-electron chi connectivity index (χ3n) is 3.99. The van der Waals surface area contributed by atoms with Crippen molar-refractivity contribution in [3.05, 3.63) is 0 Å². The van der Waals surface area contributed by atoms with Crippen molar-refractivity contribution in [2.45, 2.75) is 50.2 Å². The normalized spacial score (nSPS) is 13.4.